The lowest BCUT2D eigenvalue weighted by atomic mass is 10.3. The summed E-state index contributed by atoms with van der Waals surface area (Å²) in [7, 11) is 1.60. The van der Waals surface area contributed by atoms with E-state index in [1.165, 1.54) is 0 Å². The smallest absolute Gasteiger partial charge is 0.186 e. The first-order valence-corrected chi connectivity index (χ1v) is 6.53. The van der Waals surface area contributed by atoms with Crippen molar-refractivity contribution in [3.05, 3.63) is 33.9 Å². The van der Waals surface area contributed by atoms with E-state index in [9.17, 15) is 0 Å². The first kappa shape index (κ1) is 13.2. The highest BCUT2D eigenvalue weighted by Gasteiger charge is 2.17. The highest BCUT2D eigenvalue weighted by molar-refractivity contribution is 6.42. The quantitative estimate of drug-likeness (QED) is 0.779. The third-order valence-corrected chi connectivity index (χ3v) is 3.65. The molecule has 0 aliphatic carbocycles. The predicted octanol–water partition coefficient (Wildman–Crippen LogP) is 2.78. The maximum Gasteiger partial charge on any atom is 0.186 e. The van der Waals surface area contributed by atoms with Gasteiger partial charge in [-0.25, -0.2) is 4.68 Å². The minimum absolute atomic E-state index is 0.342. The topological polar surface area (TPSA) is 81.8 Å². The summed E-state index contributed by atoms with van der Waals surface area (Å²) in [5.41, 5.74) is 7.95. The fraction of sp³-hybridized carbons (Fsp3) is 0.167. The van der Waals surface area contributed by atoms with Crippen molar-refractivity contribution in [3.63, 3.8) is 0 Å². The second-order valence-electron chi connectivity index (χ2n) is 4.23. The molecule has 2 heterocycles. The summed E-state index contributed by atoms with van der Waals surface area (Å²) in [6.45, 7) is 0.342. The van der Waals surface area contributed by atoms with Crippen molar-refractivity contribution in [2.24, 2.45) is 0 Å². The van der Waals surface area contributed by atoms with Gasteiger partial charge in [0.05, 0.1) is 27.7 Å². The van der Waals surface area contributed by atoms with E-state index in [0.717, 1.165) is 11.1 Å². The van der Waals surface area contributed by atoms with E-state index in [1.54, 1.807) is 23.9 Å². The molecule has 3 rings (SSSR count). The van der Waals surface area contributed by atoms with Crippen molar-refractivity contribution in [1.82, 2.24) is 20.0 Å². The average molecular weight is 312 g/mol. The number of anilines is 1. The number of nitrogens with zero attached hydrogens (tertiary/aromatic N) is 3. The molecule has 3 N–H and O–H groups in total. The van der Waals surface area contributed by atoms with Gasteiger partial charge in [-0.15, -0.1) is 0 Å². The third kappa shape index (κ3) is 2.02. The Kier molecular flexibility index (Phi) is 3.29. The Bertz CT molecular complexity index is 780. The van der Waals surface area contributed by atoms with Crippen LogP contribution in [0.3, 0.4) is 0 Å². The third-order valence-electron chi connectivity index (χ3n) is 2.91. The molecule has 0 amide bonds. The number of hydrogen-bond donors (Lipinski definition) is 2. The molecule has 0 saturated carbocycles. The van der Waals surface area contributed by atoms with Crippen molar-refractivity contribution >= 4 is 40.1 Å². The van der Waals surface area contributed by atoms with Gasteiger partial charge in [0.15, 0.2) is 5.65 Å². The average Bonchev–Trinajstić information content (AvgIpc) is 2.96. The van der Waals surface area contributed by atoms with Crippen LogP contribution in [-0.4, -0.2) is 27.1 Å². The van der Waals surface area contributed by atoms with E-state index in [1.807, 2.05) is 6.07 Å². The van der Waals surface area contributed by atoms with E-state index in [2.05, 4.69) is 15.3 Å². The molecular weight excluding hydrogens is 301 g/mol. The first-order valence-electron chi connectivity index (χ1n) is 5.77. The minimum Gasteiger partial charge on any atom is -0.383 e. The van der Waals surface area contributed by atoms with Crippen molar-refractivity contribution in [2.45, 2.75) is 6.61 Å². The van der Waals surface area contributed by atoms with Gasteiger partial charge in [0.2, 0.25) is 0 Å². The van der Waals surface area contributed by atoms with Gasteiger partial charge in [-0.1, -0.05) is 23.2 Å². The first-order chi connectivity index (χ1) is 9.61. The van der Waals surface area contributed by atoms with Gasteiger partial charge in [-0.2, -0.15) is 10.2 Å². The number of aromatic amines is 1. The number of H-pyrrole nitrogens is 1. The molecular formula is C12H11Cl2N5O. The summed E-state index contributed by atoms with van der Waals surface area (Å²) in [5.74, 6) is 0.457. The molecule has 2 aromatic heterocycles. The van der Waals surface area contributed by atoms with Crippen LogP contribution in [0.25, 0.3) is 16.7 Å². The summed E-state index contributed by atoms with van der Waals surface area (Å²) >= 11 is 12.0. The number of nitrogens with two attached hydrogens (primary N) is 1. The van der Waals surface area contributed by atoms with Crippen LogP contribution in [0.5, 0.6) is 0 Å². The van der Waals surface area contributed by atoms with Gasteiger partial charge in [0.1, 0.15) is 11.5 Å². The number of aromatic nitrogens is 4. The maximum absolute atomic E-state index is 6.04. The Balaban J connectivity index is 2.22. The zero-order valence-electron chi connectivity index (χ0n) is 10.5. The molecule has 0 atom stereocenters. The zero-order valence-corrected chi connectivity index (χ0v) is 12.0. The lowest BCUT2D eigenvalue weighted by molar-refractivity contribution is 0.182. The van der Waals surface area contributed by atoms with Gasteiger partial charge in [-0.3, -0.25) is 5.10 Å². The van der Waals surface area contributed by atoms with Gasteiger partial charge in [-0.05, 0) is 18.2 Å². The molecule has 8 heteroatoms. The van der Waals surface area contributed by atoms with Crippen LogP contribution in [0, 0.1) is 0 Å². The summed E-state index contributed by atoms with van der Waals surface area (Å²) in [6, 6.07) is 5.23. The van der Waals surface area contributed by atoms with Crippen LogP contribution in [0.4, 0.5) is 5.82 Å². The van der Waals surface area contributed by atoms with Crippen LogP contribution in [0.1, 0.15) is 5.69 Å². The van der Waals surface area contributed by atoms with Gasteiger partial charge in [0, 0.05) is 7.11 Å². The standard InChI is InChI=1S/C12H11Cl2N5O/c1-20-5-9-10-11(15)16-17-12(10)19(18-9)6-2-3-7(13)8(14)4-6/h2-4H,5H2,1H3,(H3,15,16,17). The SMILES string of the molecule is COCc1nn(-c2ccc(Cl)c(Cl)c2)c2n[nH]c(N)c12. The number of halogens is 2. The fourth-order valence-corrected chi connectivity index (χ4v) is 2.33. The Morgan fingerprint density at radius 1 is 1.35 bits per heavy atom. The van der Waals surface area contributed by atoms with E-state index >= 15 is 0 Å². The number of methoxy groups -OCH3 is 1. The molecule has 0 saturated heterocycles. The van der Waals surface area contributed by atoms with Crippen molar-refractivity contribution in [2.75, 3.05) is 12.8 Å². The second kappa shape index (κ2) is 4.97. The number of fused-ring (bicyclic) bond motifs is 1. The number of nitrogens with one attached hydrogen (secondary N) is 1. The lowest BCUT2D eigenvalue weighted by Gasteiger charge is -2.03. The Labute approximate surface area is 124 Å². The van der Waals surface area contributed by atoms with E-state index in [4.69, 9.17) is 33.7 Å². The second-order valence-corrected chi connectivity index (χ2v) is 5.04. The minimum atomic E-state index is 0.342. The molecule has 3 aromatic rings. The van der Waals surface area contributed by atoms with Crippen LogP contribution >= 0.6 is 23.2 Å². The normalized spacial score (nSPS) is 11.3. The molecule has 0 radical (unpaired) electrons. The van der Waals surface area contributed by atoms with Crippen LogP contribution in [0.15, 0.2) is 18.2 Å². The predicted molar refractivity (Wildman–Crippen MR) is 78.4 cm³/mol. The molecule has 104 valence electrons. The number of hydrogen-bond acceptors (Lipinski definition) is 4. The largest absolute Gasteiger partial charge is 0.383 e. The summed E-state index contributed by atoms with van der Waals surface area (Å²) < 4.78 is 6.78. The monoisotopic (exact) mass is 311 g/mol. The molecule has 0 spiro atoms. The molecule has 0 unspecified atom stereocenters. The number of benzene rings is 1. The van der Waals surface area contributed by atoms with Gasteiger partial charge in [0.25, 0.3) is 0 Å². The molecule has 1 aromatic carbocycles. The highest BCUT2D eigenvalue weighted by atomic mass is 35.5. The molecule has 0 aliphatic heterocycles. The zero-order chi connectivity index (χ0) is 14.3. The number of ether oxygens (including phenoxy) is 1. The molecule has 0 bridgehead atoms. The summed E-state index contributed by atoms with van der Waals surface area (Å²) in [4.78, 5) is 0. The van der Waals surface area contributed by atoms with Crippen LogP contribution < -0.4 is 5.73 Å². The van der Waals surface area contributed by atoms with E-state index in [0.29, 0.717) is 33.8 Å². The maximum atomic E-state index is 6.04. The fourth-order valence-electron chi connectivity index (χ4n) is 2.04. The van der Waals surface area contributed by atoms with E-state index in [-0.39, 0.29) is 0 Å². The van der Waals surface area contributed by atoms with Crippen molar-refractivity contribution in [1.29, 1.82) is 0 Å². The van der Waals surface area contributed by atoms with Crippen molar-refractivity contribution < 1.29 is 4.74 Å². The van der Waals surface area contributed by atoms with E-state index < -0.39 is 0 Å². The summed E-state index contributed by atoms with van der Waals surface area (Å²) in [5, 5.41) is 13.1. The van der Waals surface area contributed by atoms with Gasteiger partial charge < -0.3 is 10.5 Å². The van der Waals surface area contributed by atoms with Crippen LogP contribution in [0.2, 0.25) is 10.0 Å². The Morgan fingerprint density at radius 2 is 2.15 bits per heavy atom. The lowest BCUT2D eigenvalue weighted by Crippen LogP contribution is -1.99. The molecule has 6 nitrogen and oxygen atoms in total. The number of rotatable bonds is 3. The highest BCUT2D eigenvalue weighted by Crippen LogP contribution is 2.28. The number of nitrogen functional groups attached to an aromatic ring is 1. The molecule has 20 heavy (non-hydrogen) atoms. The Hall–Kier alpha value is -1.76. The van der Waals surface area contributed by atoms with Crippen LogP contribution in [-0.2, 0) is 11.3 Å². The van der Waals surface area contributed by atoms with Gasteiger partial charge >= 0.3 is 0 Å². The molecule has 0 aliphatic rings. The summed E-state index contributed by atoms with van der Waals surface area (Å²) in [6.07, 6.45) is 0. The van der Waals surface area contributed by atoms with Crippen molar-refractivity contribution in [3.8, 4) is 5.69 Å². The molecule has 0 fully saturated rings. The Morgan fingerprint density at radius 3 is 2.85 bits per heavy atom.